The maximum atomic E-state index is 14.4. The highest BCUT2D eigenvalue weighted by atomic mass is 19.1. The maximum absolute atomic E-state index is 14.4. The molecule has 1 heterocycles. The number of ether oxygens (including phenoxy) is 2. The van der Waals surface area contributed by atoms with Crippen molar-refractivity contribution in [1.82, 2.24) is 9.97 Å². The molecule has 1 saturated carbocycles. The van der Waals surface area contributed by atoms with E-state index in [9.17, 15) is 9.18 Å². The number of esters is 1. The summed E-state index contributed by atoms with van der Waals surface area (Å²) in [6, 6.07) is 6.93. The summed E-state index contributed by atoms with van der Waals surface area (Å²) in [5.41, 5.74) is 0.656. The Labute approximate surface area is 216 Å². The van der Waals surface area contributed by atoms with Crippen LogP contribution in [-0.2, 0) is 4.79 Å². The monoisotopic (exact) mass is 498 g/mol. The SMILES string of the molecule is CCCCCCCCOc1cnc(-c2ccc(OC(=O)[C@H]3CC[C@H](CCCCC)CC3)cc2)nc1F. The van der Waals surface area contributed by atoms with Gasteiger partial charge in [-0.05, 0) is 62.3 Å². The minimum absolute atomic E-state index is 0.0200. The van der Waals surface area contributed by atoms with Crippen LogP contribution >= 0.6 is 0 Å². The molecule has 3 rings (SSSR count). The van der Waals surface area contributed by atoms with Crippen molar-refractivity contribution < 1.29 is 18.7 Å². The maximum Gasteiger partial charge on any atom is 0.314 e. The fourth-order valence-electron chi connectivity index (χ4n) is 4.89. The van der Waals surface area contributed by atoms with Crippen LogP contribution in [0.15, 0.2) is 30.5 Å². The molecule has 36 heavy (non-hydrogen) atoms. The van der Waals surface area contributed by atoms with Gasteiger partial charge in [-0.2, -0.15) is 9.37 Å². The Hall–Kier alpha value is -2.50. The predicted octanol–water partition coefficient (Wildman–Crippen LogP) is 8.31. The highest BCUT2D eigenvalue weighted by molar-refractivity contribution is 5.75. The average Bonchev–Trinajstić information content (AvgIpc) is 2.90. The van der Waals surface area contributed by atoms with E-state index < -0.39 is 5.95 Å². The van der Waals surface area contributed by atoms with E-state index in [1.54, 1.807) is 24.3 Å². The summed E-state index contributed by atoms with van der Waals surface area (Å²) in [6.45, 7) is 4.89. The average molecular weight is 499 g/mol. The van der Waals surface area contributed by atoms with Crippen LogP contribution in [0.5, 0.6) is 11.5 Å². The number of carbonyl (C=O) groups excluding carboxylic acids is 1. The molecule has 198 valence electrons. The smallest absolute Gasteiger partial charge is 0.314 e. The summed E-state index contributed by atoms with van der Waals surface area (Å²) < 4.78 is 25.6. The lowest BCUT2D eigenvalue weighted by Gasteiger charge is -2.27. The normalized spacial score (nSPS) is 17.6. The topological polar surface area (TPSA) is 61.3 Å². The highest BCUT2D eigenvalue weighted by Gasteiger charge is 2.27. The Morgan fingerprint density at radius 3 is 2.28 bits per heavy atom. The first kappa shape index (κ1) is 28.1. The minimum Gasteiger partial charge on any atom is -0.487 e. The van der Waals surface area contributed by atoms with Gasteiger partial charge in [0.2, 0.25) is 0 Å². The second-order valence-corrected chi connectivity index (χ2v) is 10.1. The van der Waals surface area contributed by atoms with Crippen LogP contribution < -0.4 is 9.47 Å². The Morgan fingerprint density at radius 1 is 0.917 bits per heavy atom. The largest absolute Gasteiger partial charge is 0.487 e. The van der Waals surface area contributed by atoms with Gasteiger partial charge in [0.25, 0.3) is 5.95 Å². The number of carbonyl (C=O) groups is 1. The second kappa shape index (κ2) is 15.6. The van der Waals surface area contributed by atoms with Crippen LogP contribution in [0.25, 0.3) is 11.4 Å². The lowest BCUT2D eigenvalue weighted by atomic mass is 9.80. The van der Waals surface area contributed by atoms with E-state index in [4.69, 9.17) is 9.47 Å². The van der Waals surface area contributed by atoms with Gasteiger partial charge in [0.1, 0.15) is 5.75 Å². The number of rotatable bonds is 15. The fraction of sp³-hybridized carbons (Fsp3) is 0.633. The van der Waals surface area contributed by atoms with Gasteiger partial charge < -0.3 is 9.47 Å². The van der Waals surface area contributed by atoms with Gasteiger partial charge in [0.05, 0.1) is 18.7 Å². The zero-order valence-electron chi connectivity index (χ0n) is 22.1. The Kier molecular flexibility index (Phi) is 12.1. The van der Waals surface area contributed by atoms with Crippen molar-refractivity contribution in [3.05, 3.63) is 36.4 Å². The molecule has 1 aromatic heterocycles. The first-order chi connectivity index (χ1) is 17.6. The lowest BCUT2D eigenvalue weighted by molar-refractivity contribution is -0.140. The molecule has 1 fully saturated rings. The Balaban J connectivity index is 1.43. The number of hydrogen-bond acceptors (Lipinski definition) is 5. The summed E-state index contributed by atoms with van der Waals surface area (Å²) >= 11 is 0. The molecule has 5 nitrogen and oxygen atoms in total. The van der Waals surface area contributed by atoms with Gasteiger partial charge in [0.15, 0.2) is 11.6 Å². The molecule has 0 atom stereocenters. The Bertz CT molecular complexity index is 911. The van der Waals surface area contributed by atoms with Crippen molar-refractivity contribution in [2.24, 2.45) is 11.8 Å². The summed E-state index contributed by atoms with van der Waals surface area (Å²) in [5, 5.41) is 0. The summed E-state index contributed by atoms with van der Waals surface area (Å²) in [4.78, 5) is 20.9. The first-order valence-electron chi connectivity index (χ1n) is 14.1. The number of hydrogen-bond donors (Lipinski definition) is 0. The van der Waals surface area contributed by atoms with Crippen LogP contribution in [0.3, 0.4) is 0 Å². The first-order valence-corrected chi connectivity index (χ1v) is 14.1. The van der Waals surface area contributed by atoms with Gasteiger partial charge >= 0.3 is 5.97 Å². The molecule has 0 saturated heterocycles. The molecule has 0 amide bonds. The van der Waals surface area contributed by atoms with Gasteiger partial charge in [-0.15, -0.1) is 0 Å². The molecule has 2 aromatic rings. The van der Waals surface area contributed by atoms with Crippen molar-refractivity contribution in [3.63, 3.8) is 0 Å². The quantitative estimate of drug-likeness (QED) is 0.107. The molecule has 6 heteroatoms. The van der Waals surface area contributed by atoms with Crippen LogP contribution in [0.1, 0.15) is 104 Å². The molecule has 0 unspecified atom stereocenters. The van der Waals surface area contributed by atoms with Gasteiger partial charge in [-0.25, -0.2) is 4.98 Å². The predicted molar refractivity (Wildman–Crippen MR) is 142 cm³/mol. The van der Waals surface area contributed by atoms with Crippen molar-refractivity contribution in [3.8, 4) is 22.9 Å². The third-order valence-corrected chi connectivity index (χ3v) is 7.19. The molecule has 0 N–H and O–H groups in total. The third kappa shape index (κ3) is 9.18. The van der Waals surface area contributed by atoms with Crippen molar-refractivity contribution >= 4 is 5.97 Å². The van der Waals surface area contributed by atoms with Gasteiger partial charge in [-0.1, -0.05) is 71.6 Å². The van der Waals surface area contributed by atoms with E-state index in [1.807, 2.05) is 0 Å². The van der Waals surface area contributed by atoms with E-state index in [-0.39, 0.29) is 23.5 Å². The number of aromatic nitrogens is 2. The summed E-state index contributed by atoms with van der Waals surface area (Å²) in [5.74, 6) is 0.779. The fourth-order valence-corrected chi connectivity index (χ4v) is 4.89. The minimum atomic E-state index is -0.660. The molecule has 0 bridgehead atoms. The second-order valence-electron chi connectivity index (χ2n) is 10.1. The number of unbranched alkanes of at least 4 members (excludes halogenated alkanes) is 7. The van der Waals surface area contributed by atoms with Crippen molar-refractivity contribution in [2.45, 2.75) is 104 Å². The molecule has 0 spiro atoms. The van der Waals surface area contributed by atoms with E-state index in [0.29, 0.717) is 17.9 Å². The van der Waals surface area contributed by atoms with Crippen molar-refractivity contribution in [1.29, 1.82) is 0 Å². The third-order valence-electron chi connectivity index (χ3n) is 7.19. The van der Waals surface area contributed by atoms with Crippen LogP contribution in [0.2, 0.25) is 0 Å². The lowest BCUT2D eigenvalue weighted by Crippen LogP contribution is -2.25. The van der Waals surface area contributed by atoms with E-state index in [0.717, 1.165) is 44.4 Å². The summed E-state index contributed by atoms with van der Waals surface area (Å²) in [7, 11) is 0. The molecular formula is C30H43FN2O3. The molecule has 0 radical (unpaired) electrons. The molecule has 1 aliphatic rings. The zero-order valence-corrected chi connectivity index (χ0v) is 22.1. The standard InChI is InChI=1S/C30H43FN2O3/c1-3-5-7-8-9-11-21-35-27-22-32-29(33-28(27)31)24-17-19-26(20-18-24)36-30(34)25-15-13-23(14-16-25)12-10-6-4-2/h17-20,22-23,25H,3-16,21H2,1-2H3/t23-,25-. The van der Waals surface area contributed by atoms with Gasteiger partial charge in [-0.3, -0.25) is 4.79 Å². The van der Waals surface area contributed by atoms with E-state index in [1.165, 1.54) is 57.6 Å². The van der Waals surface area contributed by atoms with Crippen LogP contribution in [0.4, 0.5) is 4.39 Å². The highest BCUT2D eigenvalue weighted by Crippen LogP contribution is 2.33. The van der Waals surface area contributed by atoms with E-state index in [2.05, 4.69) is 23.8 Å². The van der Waals surface area contributed by atoms with Crippen LogP contribution in [-0.4, -0.2) is 22.5 Å². The number of halogens is 1. The summed E-state index contributed by atoms with van der Waals surface area (Å²) in [6.07, 6.45) is 17.4. The van der Waals surface area contributed by atoms with Crippen molar-refractivity contribution in [2.75, 3.05) is 6.61 Å². The molecule has 1 aliphatic carbocycles. The molecule has 1 aromatic carbocycles. The number of nitrogens with zero attached hydrogens (tertiary/aromatic N) is 2. The van der Waals surface area contributed by atoms with Crippen LogP contribution in [0, 0.1) is 17.8 Å². The van der Waals surface area contributed by atoms with Gasteiger partial charge in [0, 0.05) is 5.56 Å². The number of benzene rings is 1. The zero-order chi connectivity index (χ0) is 25.6. The Morgan fingerprint density at radius 2 is 1.58 bits per heavy atom. The van der Waals surface area contributed by atoms with E-state index >= 15 is 0 Å². The molecule has 0 aliphatic heterocycles. The molecular weight excluding hydrogens is 455 g/mol.